The van der Waals surface area contributed by atoms with Crippen molar-refractivity contribution in [3.63, 3.8) is 0 Å². The third-order valence-electron chi connectivity index (χ3n) is 18.4. The van der Waals surface area contributed by atoms with Crippen molar-refractivity contribution in [3.05, 3.63) is 35.9 Å². The quantitative estimate of drug-likeness (QED) is 0.0337. The number of alkyl carbamates (subject to hydrolysis) is 4. The van der Waals surface area contributed by atoms with E-state index in [1.54, 1.807) is 155 Å². The molecule has 0 bridgehead atoms. The van der Waals surface area contributed by atoms with E-state index in [4.69, 9.17) is 23.7 Å². The molecule has 13 amide bonds. The highest BCUT2D eigenvalue weighted by Crippen LogP contribution is 2.24. The Bertz CT molecular complexity index is 3580. The Morgan fingerprint density at radius 3 is 1.45 bits per heavy atom. The SMILES string of the molecule is CCC(=O)NCC[C@H](NC(=O)CCOC(=O)C(C)(C)CC)C(=O)C[C@H](C(=O)N[C@@H](CCNC(=O)OC(C)(C)C)C(=O)C[C@H]1CCNC(=O)[C@H](C(C)O)NC(=O)[C@H](CCNC(=O)OC(C)(C)C)CC(=O)[C@H](CCNC(=O)OC(C)(C)C)NC(=O)[C@H](CC(C)C)NC(=O)[C@@H](Cc2ccccc2)NC(=O)[C@H](CCNC(=O)OC(C)(C)C)NC1=O)C(C)O. The fourth-order valence-corrected chi connectivity index (χ4v) is 11.7. The predicted octanol–water partition coefficient (Wildman–Crippen LogP) is 3.62. The van der Waals surface area contributed by atoms with Crippen molar-refractivity contribution in [1.29, 1.82) is 0 Å². The van der Waals surface area contributed by atoms with Crippen LogP contribution in [0.25, 0.3) is 0 Å². The molecule has 0 radical (unpaired) electrons. The third-order valence-corrected chi connectivity index (χ3v) is 18.4. The van der Waals surface area contributed by atoms with Gasteiger partial charge in [0.25, 0.3) is 0 Å². The van der Waals surface area contributed by atoms with Crippen molar-refractivity contribution in [2.24, 2.45) is 29.1 Å². The summed E-state index contributed by atoms with van der Waals surface area (Å²) in [5, 5.41) is 56.3. The normalized spacial score (nSPS) is 19.9. The molecule has 1 aromatic rings. The molecular weight excluding hydrogens is 1550 g/mol. The molecule has 37 heteroatoms. The molecule has 1 heterocycles. The fraction of sp³-hybridized carbons (Fsp3) is 0.720. The minimum atomic E-state index is -1.87. The van der Waals surface area contributed by atoms with Crippen LogP contribution in [0.4, 0.5) is 19.2 Å². The van der Waals surface area contributed by atoms with Crippen LogP contribution in [0.1, 0.15) is 228 Å². The summed E-state index contributed by atoms with van der Waals surface area (Å²) in [4.78, 5) is 240. The van der Waals surface area contributed by atoms with Crippen molar-refractivity contribution in [2.75, 3.05) is 45.9 Å². The summed E-state index contributed by atoms with van der Waals surface area (Å²) in [6.07, 6.45) is -12.3. The Hall–Kier alpha value is -10.1. The van der Waals surface area contributed by atoms with Gasteiger partial charge in [-0.2, -0.15) is 0 Å². The van der Waals surface area contributed by atoms with Crippen molar-refractivity contribution >= 4 is 101 Å². The molecule has 1 fully saturated rings. The first-order valence-corrected chi connectivity index (χ1v) is 40.8. The minimum absolute atomic E-state index is 0.0688. The van der Waals surface area contributed by atoms with Gasteiger partial charge >= 0.3 is 30.3 Å². The van der Waals surface area contributed by atoms with Gasteiger partial charge in [0.05, 0.1) is 48.1 Å². The molecule has 1 saturated heterocycles. The Labute approximate surface area is 698 Å². The van der Waals surface area contributed by atoms with Gasteiger partial charge in [-0.3, -0.25) is 62.3 Å². The molecule has 0 aliphatic carbocycles. The number of ether oxygens (including phenoxy) is 5. The molecule has 37 nitrogen and oxygen atoms in total. The number of benzene rings is 1. The number of carbonyl (C=O) groups excluding carboxylic acids is 17. The van der Waals surface area contributed by atoms with E-state index in [0.717, 1.165) is 6.92 Å². The monoisotopic (exact) mass is 1690 g/mol. The molecular formula is C82H135N13O24. The van der Waals surface area contributed by atoms with Crippen LogP contribution in [0.2, 0.25) is 0 Å². The van der Waals surface area contributed by atoms with Crippen molar-refractivity contribution in [3.8, 4) is 0 Å². The first kappa shape index (κ1) is 105. The number of amides is 13. The lowest BCUT2D eigenvalue weighted by Gasteiger charge is -2.28. The average Bonchev–Trinajstić information content (AvgIpc) is 1.27. The van der Waals surface area contributed by atoms with Gasteiger partial charge in [-0.25, -0.2) is 19.2 Å². The Kier molecular flexibility index (Phi) is 44.2. The number of aliphatic hydroxyl groups excluding tert-OH is 2. The number of Topliss-reactive ketones (excluding diaryl/α,β-unsaturated/α-hetero) is 3. The highest BCUT2D eigenvalue weighted by molar-refractivity contribution is 5.99. The number of hydrogen-bond donors (Lipinski definition) is 15. The minimum Gasteiger partial charge on any atom is -0.465 e. The molecule has 1 aliphatic rings. The number of rotatable bonds is 36. The topological polar surface area (TPSA) is 533 Å². The van der Waals surface area contributed by atoms with Gasteiger partial charge in [0.1, 0.15) is 53.2 Å². The van der Waals surface area contributed by atoms with E-state index in [2.05, 4.69) is 69.1 Å². The fourth-order valence-electron chi connectivity index (χ4n) is 11.7. The maximum Gasteiger partial charge on any atom is 0.407 e. The van der Waals surface area contributed by atoms with E-state index < -0.39 is 266 Å². The standard InChI is InChI=1S/C82H135N13O24/c1-21-63(101)83-37-30-54(89-64(102)34-41-115-73(110)82(19,20)22-2)62(100)46-53(48(5)96)68(105)90-55(31-38-86-75(112)117-79(10,11)12)60(98)44-51-28-35-84-72(109)65(49(6)97)95-67(104)52(29-36-85-74(111)116-78(7,8)9)45-61(99)56(32-39-87-76(113)118-80(13,14)15)91-70(107)58(42-47(3)4)93-71(108)59(43-50-26-24-23-25-27-50)94-69(106)57(92-66(51)103)33-40-88-77(114)119-81(16,17)18/h23-27,47-49,51-59,65,96-97H,21-22,28-46H2,1-20H3,(H,83,101)(H,84,109)(H,85,111)(H,86,112)(H,87,113)(H,88,114)(H,89,102)(H,90,105)(H,91,107)(H,92,103)(H,93,108)(H,94,106)(H,95,104)/t48?,49?,51-,52-,53+,54+,55+,56+,57+,58+,59-,65+/m1/s1. The molecule has 672 valence electrons. The molecule has 2 rings (SSSR count). The lowest BCUT2D eigenvalue weighted by Crippen LogP contribution is -2.59. The summed E-state index contributed by atoms with van der Waals surface area (Å²) in [6.45, 7) is 29.1. The summed E-state index contributed by atoms with van der Waals surface area (Å²) < 4.78 is 27.0. The van der Waals surface area contributed by atoms with E-state index in [0.29, 0.717) is 12.0 Å². The van der Waals surface area contributed by atoms with Crippen LogP contribution in [0.3, 0.4) is 0 Å². The maximum atomic E-state index is 15.5. The van der Waals surface area contributed by atoms with Gasteiger partial charge in [0.2, 0.25) is 53.2 Å². The van der Waals surface area contributed by atoms with Gasteiger partial charge in [0, 0.05) is 83.2 Å². The van der Waals surface area contributed by atoms with Gasteiger partial charge < -0.3 is 103 Å². The molecule has 2 unspecified atom stereocenters. The largest absolute Gasteiger partial charge is 0.465 e. The molecule has 0 saturated carbocycles. The second kappa shape index (κ2) is 50.1. The van der Waals surface area contributed by atoms with Gasteiger partial charge in [-0.1, -0.05) is 58.0 Å². The van der Waals surface area contributed by atoms with Crippen molar-refractivity contribution in [1.82, 2.24) is 69.1 Å². The van der Waals surface area contributed by atoms with Gasteiger partial charge in [0.15, 0.2) is 17.3 Å². The second-order valence-electron chi connectivity index (χ2n) is 34.8. The number of hydrogen-bond acceptors (Lipinski definition) is 24. The van der Waals surface area contributed by atoms with Crippen LogP contribution >= 0.6 is 0 Å². The van der Waals surface area contributed by atoms with Crippen LogP contribution < -0.4 is 69.1 Å². The highest BCUT2D eigenvalue weighted by atomic mass is 16.6. The van der Waals surface area contributed by atoms with Crippen molar-refractivity contribution in [2.45, 2.75) is 305 Å². The van der Waals surface area contributed by atoms with Crippen molar-refractivity contribution < 1.29 is 115 Å². The molecule has 15 N–H and O–H groups in total. The maximum absolute atomic E-state index is 15.5. The van der Waals surface area contributed by atoms with Gasteiger partial charge in [-0.05, 0) is 174 Å². The summed E-state index contributed by atoms with van der Waals surface area (Å²) >= 11 is 0. The van der Waals surface area contributed by atoms with E-state index in [1.165, 1.54) is 6.92 Å². The zero-order chi connectivity index (χ0) is 90.5. The lowest BCUT2D eigenvalue weighted by molar-refractivity contribution is -0.154. The molecule has 0 aromatic heterocycles. The van der Waals surface area contributed by atoms with Gasteiger partial charge in [-0.15, -0.1) is 0 Å². The molecule has 0 spiro atoms. The number of esters is 1. The average molecular weight is 1690 g/mol. The summed E-state index contributed by atoms with van der Waals surface area (Å²) in [5.41, 5.74) is -4.38. The van der Waals surface area contributed by atoms with E-state index in [1.807, 2.05) is 0 Å². The molecule has 1 aliphatic heterocycles. The number of ketones is 3. The Balaban J connectivity index is 3.11. The first-order valence-electron chi connectivity index (χ1n) is 40.8. The van der Waals surface area contributed by atoms with Crippen LogP contribution in [0.5, 0.6) is 0 Å². The zero-order valence-corrected chi connectivity index (χ0v) is 73.1. The Morgan fingerprint density at radius 1 is 0.504 bits per heavy atom. The lowest BCUT2D eigenvalue weighted by atomic mass is 9.90. The summed E-state index contributed by atoms with van der Waals surface area (Å²) in [5.74, 6) is -16.9. The highest BCUT2D eigenvalue weighted by Gasteiger charge is 2.40. The molecule has 12 atom stereocenters. The molecule has 119 heavy (non-hydrogen) atoms. The third kappa shape index (κ3) is 43.5. The van der Waals surface area contributed by atoms with Crippen LogP contribution in [-0.2, 0) is 92.4 Å². The van der Waals surface area contributed by atoms with Crippen LogP contribution in [-0.4, -0.2) is 234 Å². The van der Waals surface area contributed by atoms with Crippen LogP contribution in [0.15, 0.2) is 30.3 Å². The predicted molar refractivity (Wildman–Crippen MR) is 436 cm³/mol. The summed E-state index contributed by atoms with van der Waals surface area (Å²) in [6, 6.07) is -3.17. The van der Waals surface area contributed by atoms with E-state index in [-0.39, 0.29) is 70.7 Å². The Morgan fingerprint density at radius 2 is 0.958 bits per heavy atom. The second-order valence-corrected chi connectivity index (χ2v) is 34.8. The van der Waals surface area contributed by atoms with Crippen LogP contribution in [0, 0.1) is 29.1 Å². The zero-order valence-electron chi connectivity index (χ0n) is 73.1. The first-order chi connectivity index (χ1) is 55.1. The summed E-state index contributed by atoms with van der Waals surface area (Å²) in [7, 11) is 0. The number of carbonyl (C=O) groups is 17. The van der Waals surface area contributed by atoms with E-state index in [9.17, 15) is 72.5 Å². The number of aliphatic hydroxyl groups is 2. The molecule has 1 aromatic carbocycles. The number of nitrogens with one attached hydrogen (secondary N) is 13. The smallest absolute Gasteiger partial charge is 0.407 e. The van der Waals surface area contributed by atoms with E-state index >= 15 is 19.2 Å².